The minimum Gasteiger partial charge on any atom is -0.355 e. The Morgan fingerprint density at radius 1 is 1.11 bits per heavy atom. The zero-order chi connectivity index (χ0) is 20.5. The van der Waals surface area contributed by atoms with Gasteiger partial charge in [-0.3, -0.25) is 9.59 Å². The van der Waals surface area contributed by atoms with Gasteiger partial charge in [0.25, 0.3) is 0 Å². The molecule has 0 radical (unpaired) electrons. The molecule has 1 N–H and O–H groups in total. The SMILES string of the molecule is CCNC(=O)[C@H](CC)N(Cc1ccc(Cl)cc1Cl)C(=O)CSc1ccccc1. The summed E-state index contributed by atoms with van der Waals surface area (Å²) in [6, 6.07) is 14.3. The smallest absolute Gasteiger partial charge is 0.242 e. The summed E-state index contributed by atoms with van der Waals surface area (Å²) in [7, 11) is 0. The molecule has 2 aromatic rings. The largest absolute Gasteiger partial charge is 0.355 e. The second-order valence-electron chi connectivity index (χ2n) is 6.18. The summed E-state index contributed by atoms with van der Waals surface area (Å²) in [5, 5.41) is 3.83. The number of amides is 2. The second kappa shape index (κ2) is 11.3. The number of rotatable bonds is 9. The Morgan fingerprint density at radius 3 is 2.43 bits per heavy atom. The molecule has 28 heavy (non-hydrogen) atoms. The third-order valence-corrected chi connectivity index (χ3v) is 5.78. The van der Waals surface area contributed by atoms with Crippen LogP contribution >= 0.6 is 35.0 Å². The summed E-state index contributed by atoms with van der Waals surface area (Å²) in [6.45, 7) is 4.52. The molecule has 7 heteroatoms. The fourth-order valence-corrected chi connectivity index (χ4v) is 4.06. The maximum atomic E-state index is 13.1. The minimum absolute atomic E-state index is 0.113. The lowest BCUT2D eigenvalue weighted by atomic mass is 10.1. The maximum Gasteiger partial charge on any atom is 0.242 e. The van der Waals surface area contributed by atoms with Crippen molar-refractivity contribution in [1.29, 1.82) is 0 Å². The maximum absolute atomic E-state index is 13.1. The molecule has 2 amide bonds. The minimum atomic E-state index is -0.560. The Hall–Kier alpha value is -1.69. The van der Waals surface area contributed by atoms with Crippen molar-refractivity contribution in [2.45, 2.75) is 37.8 Å². The Kier molecular flexibility index (Phi) is 9.16. The number of likely N-dealkylation sites (N-methyl/N-ethyl adjacent to an activating group) is 1. The van der Waals surface area contributed by atoms with E-state index in [1.807, 2.05) is 44.2 Å². The molecule has 2 aromatic carbocycles. The first kappa shape index (κ1) is 22.6. The number of benzene rings is 2. The molecule has 2 rings (SSSR count). The first-order chi connectivity index (χ1) is 13.5. The molecule has 0 aromatic heterocycles. The van der Waals surface area contributed by atoms with E-state index in [-0.39, 0.29) is 24.1 Å². The van der Waals surface area contributed by atoms with Crippen LogP contribution in [0.5, 0.6) is 0 Å². The Bertz CT molecular complexity index is 802. The van der Waals surface area contributed by atoms with Crippen molar-refractivity contribution in [2.24, 2.45) is 0 Å². The van der Waals surface area contributed by atoms with Crippen LogP contribution in [0.2, 0.25) is 10.0 Å². The molecule has 0 bridgehead atoms. The summed E-state index contributed by atoms with van der Waals surface area (Å²) < 4.78 is 0. The van der Waals surface area contributed by atoms with Crippen LogP contribution in [0.25, 0.3) is 0 Å². The molecule has 0 unspecified atom stereocenters. The van der Waals surface area contributed by atoms with Gasteiger partial charge in [0.2, 0.25) is 11.8 Å². The molecule has 0 saturated carbocycles. The predicted molar refractivity (Wildman–Crippen MR) is 117 cm³/mol. The van der Waals surface area contributed by atoms with Crippen molar-refractivity contribution in [3.05, 3.63) is 64.1 Å². The first-order valence-electron chi connectivity index (χ1n) is 9.15. The van der Waals surface area contributed by atoms with Gasteiger partial charge in [0.15, 0.2) is 0 Å². The Morgan fingerprint density at radius 2 is 1.82 bits per heavy atom. The number of nitrogens with zero attached hydrogens (tertiary/aromatic N) is 1. The number of carbonyl (C=O) groups is 2. The van der Waals surface area contributed by atoms with Gasteiger partial charge in [-0.05, 0) is 43.2 Å². The van der Waals surface area contributed by atoms with Gasteiger partial charge in [0.05, 0.1) is 5.75 Å². The predicted octanol–water partition coefficient (Wildman–Crippen LogP) is 5.03. The molecule has 0 aliphatic carbocycles. The zero-order valence-corrected chi connectivity index (χ0v) is 18.3. The van der Waals surface area contributed by atoms with Gasteiger partial charge in [-0.2, -0.15) is 0 Å². The van der Waals surface area contributed by atoms with E-state index in [1.54, 1.807) is 23.1 Å². The summed E-state index contributed by atoms with van der Waals surface area (Å²) in [5.41, 5.74) is 0.756. The lowest BCUT2D eigenvalue weighted by Crippen LogP contribution is -2.49. The molecule has 1 atom stereocenters. The lowest BCUT2D eigenvalue weighted by molar-refractivity contribution is -0.139. The van der Waals surface area contributed by atoms with Gasteiger partial charge < -0.3 is 10.2 Å². The van der Waals surface area contributed by atoms with Crippen LogP contribution in [0, 0.1) is 0 Å². The third kappa shape index (κ3) is 6.43. The van der Waals surface area contributed by atoms with E-state index in [4.69, 9.17) is 23.2 Å². The Labute approximate surface area is 180 Å². The van der Waals surface area contributed by atoms with E-state index in [9.17, 15) is 9.59 Å². The van der Waals surface area contributed by atoms with E-state index in [1.165, 1.54) is 11.8 Å². The number of halogens is 2. The average molecular weight is 439 g/mol. The van der Waals surface area contributed by atoms with Crippen LogP contribution in [0.4, 0.5) is 0 Å². The van der Waals surface area contributed by atoms with Gasteiger partial charge in [0, 0.05) is 28.0 Å². The fraction of sp³-hybridized carbons (Fsp3) is 0.333. The first-order valence-corrected chi connectivity index (χ1v) is 10.9. The van der Waals surface area contributed by atoms with Crippen LogP contribution in [0.15, 0.2) is 53.4 Å². The Balaban J connectivity index is 2.23. The molecular weight excluding hydrogens is 415 g/mol. The highest BCUT2D eigenvalue weighted by Gasteiger charge is 2.28. The van der Waals surface area contributed by atoms with E-state index < -0.39 is 6.04 Å². The van der Waals surface area contributed by atoms with Crippen LogP contribution in [0.1, 0.15) is 25.8 Å². The molecule has 0 fully saturated rings. The van der Waals surface area contributed by atoms with Crippen LogP contribution in [0.3, 0.4) is 0 Å². The number of hydrogen-bond acceptors (Lipinski definition) is 3. The number of carbonyl (C=O) groups excluding carboxylic acids is 2. The quantitative estimate of drug-likeness (QED) is 0.558. The molecule has 150 valence electrons. The molecule has 0 spiro atoms. The van der Waals surface area contributed by atoms with Crippen LogP contribution in [-0.4, -0.2) is 35.1 Å². The normalized spacial score (nSPS) is 11.7. The summed E-state index contributed by atoms with van der Waals surface area (Å²) in [6.07, 6.45) is 0.513. The lowest BCUT2D eigenvalue weighted by Gasteiger charge is -2.30. The molecule has 0 aliphatic heterocycles. The van der Waals surface area contributed by atoms with Crippen molar-refractivity contribution < 1.29 is 9.59 Å². The standard InChI is InChI=1S/C21H24Cl2N2O2S/c1-3-19(21(27)24-4-2)25(13-15-10-11-16(22)12-18(15)23)20(26)14-28-17-8-6-5-7-9-17/h5-12,19H,3-4,13-14H2,1-2H3,(H,24,27)/t19-/m0/s1. The summed E-state index contributed by atoms with van der Waals surface area (Å²) >= 11 is 13.7. The van der Waals surface area contributed by atoms with Crippen LogP contribution < -0.4 is 5.32 Å². The fourth-order valence-electron chi connectivity index (χ4n) is 2.79. The number of hydrogen-bond donors (Lipinski definition) is 1. The second-order valence-corrected chi connectivity index (χ2v) is 8.07. The average Bonchev–Trinajstić information content (AvgIpc) is 2.68. The van der Waals surface area contributed by atoms with Gasteiger partial charge >= 0.3 is 0 Å². The topological polar surface area (TPSA) is 49.4 Å². The molecule has 4 nitrogen and oxygen atoms in total. The summed E-state index contributed by atoms with van der Waals surface area (Å²) in [4.78, 5) is 28.2. The highest BCUT2D eigenvalue weighted by atomic mass is 35.5. The number of nitrogens with one attached hydrogen (secondary N) is 1. The van der Waals surface area contributed by atoms with Gasteiger partial charge in [-0.1, -0.05) is 54.4 Å². The van der Waals surface area contributed by atoms with E-state index in [0.29, 0.717) is 23.0 Å². The van der Waals surface area contributed by atoms with Gasteiger partial charge in [-0.15, -0.1) is 11.8 Å². The van der Waals surface area contributed by atoms with Crippen molar-refractivity contribution in [1.82, 2.24) is 10.2 Å². The van der Waals surface area contributed by atoms with Crippen molar-refractivity contribution in [3.63, 3.8) is 0 Å². The van der Waals surface area contributed by atoms with E-state index in [2.05, 4.69) is 5.32 Å². The molecule has 0 saturated heterocycles. The van der Waals surface area contributed by atoms with Gasteiger partial charge in [-0.25, -0.2) is 0 Å². The van der Waals surface area contributed by atoms with E-state index in [0.717, 1.165) is 10.5 Å². The van der Waals surface area contributed by atoms with Crippen molar-refractivity contribution in [2.75, 3.05) is 12.3 Å². The highest BCUT2D eigenvalue weighted by molar-refractivity contribution is 8.00. The third-order valence-electron chi connectivity index (χ3n) is 4.20. The highest BCUT2D eigenvalue weighted by Crippen LogP contribution is 2.25. The molecule has 0 aliphatic rings. The molecule has 0 heterocycles. The molecular formula is C21H24Cl2N2O2S. The van der Waals surface area contributed by atoms with Gasteiger partial charge in [0.1, 0.15) is 6.04 Å². The van der Waals surface area contributed by atoms with Crippen molar-refractivity contribution in [3.8, 4) is 0 Å². The number of thioether (sulfide) groups is 1. The zero-order valence-electron chi connectivity index (χ0n) is 16.0. The van der Waals surface area contributed by atoms with Crippen LogP contribution in [-0.2, 0) is 16.1 Å². The monoisotopic (exact) mass is 438 g/mol. The van der Waals surface area contributed by atoms with Crippen molar-refractivity contribution >= 4 is 46.8 Å². The summed E-state index contributed by atoms with van der Waals surface area (Å²) in [5.74, 6) is -0.0309. The van der Waals surface area contributed by atoms with E-state index >= 15 is 0 Å².